The molecule has 1 aliphatic heterocycles. The van der Waals surface area contributed by atoms with Crippen molar-refractivity contribution in [2.24, 2.45) is 0 Å². The molecular formula is C16H20FNO. The second-order valence-electron chi connectivity index (χ2n) is 4.94. The van der Waals surface area contributed by atoms with Crippen molar-refractivity contribution in [3.63, 3.8) is 0 Å². The number of likely N-dealkylation sites (tertiary alicyclic amines) is 1. The summed E-state index contributed by atoms with van der Waals surface area (Å²) in [6, 6.07) is 6.83. The lowest BCUT2D eigenvalue weighted by Crippen LogP contribution is -2.42. The summed E-state index contributed by atoms with van der Waals surface area (Å²) in [6.45, 7) is 2.93. The Labute approximate surface area is 113 Å². The van der Waals surface area contributed by atoms with Gasteiger partial charge in [0.05, 0.1) is 0 Å². The van der Waals surface area contributed by atoms with E-state index in [0.717, 1.165) is 25.8 Å². The molecule has 0 spiro atoms. The van der Waals surface area contributed by atoms with Gasteiger partial charge in [-0.25, -0.2) is 4.39 Å². The topological polar surface area (TPSA) is 20.3 Å². The van der Waals surface area contributed by atoms with E-state index in [0.29, 0.717) is 11.6 Å². The van der Waals surface area contributed by atoms with Crippen molar-refractivity contribution in [1.29, 1.82) is 0 Å². The molecular weight excluding hydrogens is 241 g/mol. The van der Waals surface area contributed by atoms with Crippen LogP contribution in [0.4, 0.5) is 4.39 Å². The number of amides is 1. The number of carbonyl (C=O) groups excluding carboxylic acids is 1. The van der Waals surface area contributed by atoms with E-state index in [-0.39, 0.29) is 11.7 Å². The third-order valence-electron chi connectivity index (χ3n) is 3.69. The number of carbonyl (C=O) groups is 1. The van der Waals surface area contributed by atoms with Gasteiger partial charge in [0.2, 0.25) is 5.91 Å². The number of nitrogens with zero attached hydrogens (tertiary/aromatic N) is 1. The largest absolute Gasteiger partial charge is 0.336 e. The molecule has 0 aromatic heterocycles. The van der Waals surface area contributed by atoms with E-state index in [1.807, 2.05) is 4.90 Å². The number of halogens is 1. The van der Waals surface area contributed by atoms with Gasteiger partial charge in [-0.15, -0.1) is 0 Å². The molecule has 0 bridgehead atoms. The smallest absolute Gasteiger partial charge is 0.246 e. The van der Waals surface area contributed by atoms with Gasteiger partial charge >= 0.3 is 0 Å². The number of hydrogen-bond acceptors (Lipinski definition) is 1. The quantitative estimate of drug-likeness (QED) is 0.761. The van der Waals surface area contributed by atoms with Crippen LogP contribution in [0.3, 0.4) is 0 Å². The molecule has 0 saturated carbocycles. The molecule has 102 valence electrons. The summed E-state index contributed by atoms with van der Waals surface area (Å²) in [5.41, 5.74) is 0.459. The molecule has 1 fully saturated rings. The fraction of sp³-hybridized carbons (Fsp3) is 0.438. The molecule has 0 N–H and O–H groups in total. The highest BCUT2D eigenvalue weighted by atomic mass is 19.1. The van der Waals surface area contributed by atoms with Crippen LogP contribution < -0.4 is 0 Å². The Bertz CT molecular complexity index is 470. The number of benzene rings is 1. The van der Waals surface area contributed by atoms with Gasteiger partial charge in [0.1, 0.15) is 5.82 Å². The van der Waals surface area contributed by atoms with Crippen molar-refractivity contribution in [2.45, 2.75) is 38.6 Å². The van der Waals surface area contributed by atoms with Gasteiger partial charge in [-0.2, -0.15) is 0 Å². The van der Waals surface area contributed by atoms with Crippen molar-refractivity contribution >= 4 is 12.0 Å². The van der Waals surface area contributed by atoms with Gasteiger partial charge in [-0.1, -0.05) is 25.1 Å². The molecule has 3 heteroatoms. The van der Waals surface area contributed by atoms with Gasteiger partial charge < -0.3 is 4.90 Å². The summed E-state index contributed by atoms with van der Waals surface area (Å²) in [6.07, 6.45) is 7.38. The molecule has 2 rings (SSSR count). The van der Waals surface area contributed by atoms with Crippen LogP contribution in [-0.4, -0.2) is 23.4 Å². The first kappa shape index (κ1) is 13.8. The highest BCUT2D eigenvalue weighted by Gasteiger charge is 2.23. The molecule has 1 saturated heterocycles. The van der Waals surface area contributed by atoms with E-state index >= 15 is 0 Å². The summed E-state index contributed by atoms with van der Waals surface area (Å²) in [4.78, 5) is 14.1. The third kappa shape index (κ3) is 3.43. The monoisotopic (exact) mass is 261 g/mol. The summed E-state index contributed by atoms with van der Waals surface area (Å²) in [5.74, 6) is -0.299. The normalized spacial score (nSPS) is 19.9. The Morgan fingerprint density at radius 1 is 1.42 bits per heavy atom. The molecule has 0 aliphatic carbocycles. The Balaban J connectivity index is 2.06. The van der Waals surface area contributed by atoms with Crippen LogP contribution in [0.5, 0.6) is 0 Å². The number of rotatable bonds is 3. The Morgan fingerprint density at radius 2 is 2.21 bits per heavy atom. The molecule has 1 unspecified atom stereocenters. The number of piperidine rings is 1. The van der Waals surface area contributed by atoms with E-state index in [2.05, 4.69) is 6.92 Å². The second-order valence-corrected chi connectivity index (χ2v) is 4.94. The zero-order valence-corrected chi connectivity index (χ0v) is 11.3. The molecule has 0 radical (unpaired) electrons. The lowest BCUT2D eigenvalue weighted by Gasteiger charge is -2.34. The first-order valence-electron chi connectivity index (χ1n) is 6.95. The highest BCUT2D eigenvalue weighted by molar-refractivity contribution is 5.92. The first-order chi connectivity index (χ1) is 9.22. The predicted octanol–water partition coefficient (Wildman–Crippen LogP) is 3.63. The standard InChI is InChI=1S/C16H20FNO/c1-2-14-8-5-6-12-18(14)16(19)11-10-13-7-3-4-9-15(13)17/h3-4,7,9-11,14H,2,5-6,8,12H2,1H3/b11-10+. The van der Waals surface area contributed by atoms with Crippen LogP contribution in [-0.2, 0) is 4.79 Å². The summed E-state index contributed by atoms with van der Waals surface area (Å²) < 4.78 is 13.4. The minimum Gasteiger partial charge on any atom is -0.336 e. The average Bonchev–Trinajstić information content (AvgIpc) is 2.46. The molecule has 1 aromatic rings. The molecule has 19 heavy (non-hydrogen) atoms. The Hall–Kier alpha value is -1.64. The molecule has 2 nitrogen and oxygen atoms in total. The van der Waals surface area contributed by atoms with Crippen molar-refractivity contribution in [3.8, 4) is 0 Å². The van der Waals surface area contributed by atoms with Gasteiger partial charge in [-0.3, -0.25) is 4.79 Å². The van der Waals surface area contributed by atoms with E-state index in [4.69, 9.17) is 0 Å². The molecule has 1 aliphatic rings. The van der Waals surface area contributed by atoms with Crippen molar-refractivity contribution in [1.82, 2.24) is 4.90 Å². The van der Waals surface area contributed by atoms with Crippen molar-refractivity contribution in [3.05, 3.63) is 41.7 Å². The van der Waals surface area contributed by atoms with Gasteiger partial charge in [-0.05, 0) is 37.8 Å². The SMILES string of the molecule is CCC1CCCCN1C(=O)/C=C/c1ccccc1F. The van der Waals surface area contributed by atoms with Crippen LogP contribution in [0.25, 0.3) is 6.08 Å². The lowest BCUT2D eigenvalue weighted by atomic mass is 10.00. The van der Waals surface area contributed by atoms with E-state index in [9.17, 15) is 9.18 Å². The zero-order chi connectivity index (χ0) is 13.7. The summed E-state index contributed by atoms with van der Waals surface area (Å²) in [7, 11) is 0. The Kier molecular flexibility index (Phi) is 4.72. The average molecular weight is 261 g/mol. The van der Waals surface area contributed by atoms with E-state index in [1.54, 1.807) is 24.3 Å². The van der Waals surface area contributed by atoms with Crippen LogP contribution in [0.1, 0.15) is 38.2 Å². The number of hydrogen-bond donors (Lipinski definition) is 0. The lowest BCUT2D eigenvalue weighted by molar-refractivity contribution is -0.129. The summed E-state index contributed by atoms with van der Waals surface area (Å²) in [5, 5.41) is 0. The maximum absolute atomic E-state index is 13.4. The fourth-order valence-electron chi connectivity index (χ4n) is 2.58. The van der Waals surface area contributed by atoms with Crippen LogP contribution >= 0.6 is 0 Å². The molecule has 1 amide bonds. The van der Waals surface area contributed by atoms with Gasteiger partial charge in [0.25, 0.3) is 0 Å². The minimum atomic E-state index is -0.294. The maximum Gasteiger partial charge on any atom is 0.246 e. The molecule has 1 heterocycles. The molecule has 1 atom stereocenters. The van der Waals surface area contributed by atoms with Gasteiger partial charge in [0.15, 0.2) is 0 Å². The Morgan fingerprint density at radius 3 is 2.95 bits per heavy atom. The third-order valence-corrected chi connectivity index (χ3v) is 3.69. The second kappa shape index (κ2) is 6.50. The van der Waals surface area contributed by atoms with E-state index in [1.165, 1.54) is 18.6 Å². The fourth-order valence-corrected chi connectivity index (χ4v) is 2.58. The predicted molar refractivity (Wildman–Crippen MR) is 75.1 cm³/mol. The molecule has 1 aromatic carbocycles. The minimum absolute atomic E-state index is 0.00481. The maximum atomic E-state index is 13.4. The van der Waals surface area contributed by atoms with Crippen LogP contribution in [0.15, 0.2) is 30.3 Å². The van der Waals surface area contributed by atoms with Crippen molar-refractivity contribution in [2.75, 3.05) is 6.54 Å². The highest BCUT2D eigenvalue weighted by Crippen LogP contribution is 2.20. The van der Waals surface area contributed by atoms with E-state index < -0.39 is 0 Å². The van der Waals surface area contributed by atoms with Crippen molar-refractivity contribution < 1.29 is 9.18 Å². The summed E-state index contributed by atoms with van der Waals surface area (Å²) >= 11 is 0. The van der Waals surface area contributed by atoms with Gasteiger partial charge in [0, 0.05) is 24.2 Å². The first-order valence-corrected chi connectivity index (χ1v) is 6.95. The van der Waals surface area contributed by atoms with Crippen LogP contribution in [0.2, 0.25) is 0 Å². The van der Waals surface area contributed by atoms with Crippen LogP contribution in [0, 0.1) is 5.82 Å². The zero-order valence-electron chi connectivity index (χ0n) is 11.3.